The Kier molecular flexibility index (Phi) is 4.73. The highest BCUT2D eigenvalue weighted by molar-refractivity contribution is 7.15. The molecule has 114 valence electrons. The Bertz CT molecular complexity index is 548. The molecule has 4 N–H and O–H groups in total. The number of nitrogens with one attached hydrogen (secondary N) is 2. The van der Waals surface area contributed by atoms with E-state index in [2.05, 4.69) is 15.6 Å². The summed E-state index contributed by atoms with van der Waals surface area (Å²) in [6, 6.07) is -2.24. The molecule has 1 aromatic rings. The molecule has 0 aromatic carbocycles. The van der Waals surface area contributed by atoms with Crippen LogP contribution in [0.4, 0.5) is 9.93 Å². The number of anilines is 1. The number of rotatable bonds is 5. The summed E-state index contributed by atoms with van der Waals surface area (Å²) >= 11 is 1.37. The molecular formula is C12H15N3O5S. The molecule has 0 saturated carbocycles. The van der Waals surface area contributed by atoms with Crippen LogP contribution in [0, 0.1) is 0 Å². The van der Waals surface area contributed by atoms with Crippen molar-refractivity contribution in [3.05, 3.63) is 10.6 Å². The van der Waals surface area contributed by atoms with Gasteiger partial charge < -0.3 is 15.5 Å². The highest BCUT2D eigenvalue weighted by atomic mass is 32.1. The first kappa shape index (κ1) is 15.2. The number of carbonyl (C=O) groups is 3. The number of hydrogen-bond donors (Lipinski definition) is 4. The van der Waals surface area contributed by atoms with Gasteiger partial charge in [0.05, 0.1) is 12.1 Å². The zero-order chi connectivity index (χ0) is 15.4. The lowest BCUT2D eigenvalue weighted by molar-refractivity contribution is -0.145. The van der Waals surface area contributed by atoms with Crippen LogP contribution in [0.5, 0.6) is 0 Å². The first-order chi connectivity index (χ1) is 9.95. The Balaban J connectivity index is 1.95. The first-order valence-electron chi connectivity index (χ1n) is 6.46. The maximum Gasteiger partial charge on any atom is 0.326 e. The Morgan fingerprint density at radius 1 is 1.24 bits per heavy atom. The van der Waals surface area contributed by atoms with Gasteiger partial charge in [-0.15, -0.1) is 11.3 Å². The smallest absolute Gasteiger partial charge is 0.326 e. The van der Waals surface area contributed by atoms with Crippen LogP contribution in [0.25, 0.3) is 0 Å². The number of aliphatic carboxylic acids is 2. The van der Waals surface area contributed by atoms with E-state index in [1.165, 1.54) is 11.3 Å². The van der Waals surface area contributed by atoms with Crippen LogP contribution in [-0.4, -0.2) is 39.2 Å². The highest BCUT2D eigenvalue weighted by Crippen LogP contribution is 2.29. The standard InChI is InChI=1S/C12H15N3O5S/c16-9(17)5-7(10(18)19)13-11(20)15-12-14-6-3-1-2-4-8(6)21-12/h7H,1-5H2,(H,16,17)(H,18,19)(H2,13,14,15,20). The van der Waals surface area contributed by atoms with Crippen molar-refractivity contribution in [2.45, 2.75) is 38.1 Å². The van der Waals surface area contributed by atoms with Gasteiger partial charge in [-0.05, 0) is 25.7 Å². The number of aromatic nitrogens is 1. The molecule has 1 atom stereocenters. The summed E-state index contributed by atoms with van der Waals surface area (Å²) in [5, 5.41) is 22.4. The summed E-state index contributed by atoms with van der Waals surface area (Å²) in [5.74, 6) is -2.70. The van der Waals surface area contributed by atoms with Gasteiger partial charge in [0.15, 0.2) is 5.13 Å². The van der Waals surface area contributed by atoms with Gasteiger partial charge in [0, 0.05) is 4.88 Å². The monoisotopic (exact) mass is 313 g/mol. The van der Waals surface area contributed by atoms with E-state index in [1.54, 1.807) is 0 Å². The van der Waals surface area contributed by atoms with Crippen molar-refractivity contribution >= 4 is 34.4 Å². The number of amides is 2. The van der Waals surface area contributed by atoms with Gasteiger partial charge in [0.2, 0.25) is 0 Å². The van der Waals surface area contributed by atoms with Crippen LogP contribution in [0.15, 0.2) is 0 Å². The molecule has 0 spiro atoms. The molecule has 1 unspecified atom stereocenters. The van der Waals surface area contributed by atoms with E-state index in [0.717, 1.165) is 36.3 Å². The van der Waals surface area contributed by atoms with E-state index in [9.17, 15) is 14.4 Å². The zero-order valence-corrected chi connectivity index (χ0v) is 11.9. The molecule has 2 amide bonds. The molecule has 1 aromatic heterocycles. The number of carboxylic acid groups (broad SMARTS) is 2. The number of fused-ring (bicyclic) bond motifs is 1. The second kappa shape index (κ2) is 6.53. The maximum atomic E-state index is 11.7. The SMILES string of the molecule is O=C(O)CC(NC(=O)Nc1nc2c(s1)CCCC2)C(=O)O. The highest BCUT2D eigenvalue weighted by Gasteiger charge is 2.24. The molecule has 1 heterocycles. The molecule has 0 saturated heterocycles. The summed E-state index contributed by atoms with van der Waals surface area (Å²) in [6.45, 7) is 0. The van der Waals surface area contributed by atoms with Gasteiger partial charge >= 0.3 is 18.0 Å². The van der Waals surface area contributed by atoms with Gasteiger partial charge in [-0.2, -0.15) is 0 Å². The maximum absolute atomic E-state index is 11.7. The van der Waals surface area contributed by atoms with E-state index in [1.807, 2.05) is 0 Å². The van der Waals surface area contributed by atoms with Crippen LogP contribution >= 0.6 is 11.3 Å². The van der Waals surface area contributed by atoms with E-state index < -0.39 is 30.4 Å². The summed E-state index contributed by atoms with van der Waals surface area (Å²) in [6.07, 6.45) is 3.30. The van der Waals surface area contributed by atoms with E-state index in [-0.39, 0.29) is 0 Å². The Hall–Kier alpha value is -2.16. The van der Waals surface area contributed by atoms with E-state index >= 15 is 0 Å². The molecule has 0 bridgehead atoms. The van der Waals surface area contributed by atoms with Crippen molar-refractivity contribution in [2.75, 3.05) is 5.32 Å². The largest absolute Gasteiger partial charge is 0.481 e. The normalized spacial score (nSPS) is 14.9. The number of carbonyl (C=O) groups excluding carboxylic acids is 1. The molecule has 0 radical (unpaired) electrons. The summed E-state index contributed by atoms with van der Waals surface area (Å²) in [5.41, 5.74) is 0.974. The second-order valence-electron chi connectivity index (χ2n) is 4.68. The molecule has 1 aliphatic rings. The Morgan fingerprint density at radius 2 is 1.95 bits per heavy atom. The first-order valence-corrected chi connectivity index (χ1v) is 7.28. The van der Waals surface area contributed by atoms with E-state index in [4.69, 9.17) is 10.2 Å². The van der Waals surface area contributed by atoms with Crippen molar-refractivity contribution in [1.82, 2.24) is 10.3 Å². The lowest BCUT2D eigenvalue weighted by Crippen LogP contribution is -2.44. The number of hydrogen-bond acceptors (Lipinski definition) is 5. The topological polar surface area (TPSA) is 129 Å². The van der Waals surface area contributed by atoms with Gasteiger partial charge in [-0.3, -0.25) is 10.1 Å². The van der Waals surface area contributed by atoms with E-state index in [0.29, 0.717) is 5.13 Å². The molecule has 0 aliphatic heterocycles. The number of thiazole rings is 1. The van der Waals surface area contributed by atoms with Crippen LogP contribution in [0.2, 0.25) is 0 Å². The van der Waals surface area contributed by atoms with Crippen LogP contribution in [0.1, 0.15) is 29.8 Å². The molecule has 21 heavy (non-hydrogen) atoms. The predicted molar refractivity (Wildman–Crippen MR) is 74.6 cm³/mol. The average Bonchev–Trinajstić information content (AvgIpc) is 2.79. The minimum Gasteiger partial charge on any atom is -0.481 e. The Morgan fingerprint density at radius 3 is 2.57 bits per heavy atom. The third-order valence-electron chi connectivity index (χ3n) is 3.05. The molecule has 8 nitrogen and oxygen atoms in total. The lowest BCUT2D eigenvalue weighted by Gasteiger charge is -2.12. The third-order valence-corrected chi connectivity index (χ3v) is 4.12. The van der Waals surface area contributed by atoms with Crippen molar-refractivity contribution in [2.24, 2.45) is 0 Å². The Labute approximate surface area is 124 Å². The number of carboxylic acids is 2. The lowest BCUT2D eigenvalue weighted by atomic mass is 10.0. The fourth-order valence-electron chi connectivity index (χ4n) is 2.07. The summed E-state index contributed by atoms with van der Waals surface area (Å²) in [7, 11) is 0. The fraction of sp³-hybridized carbons (Fsp3) is 0.500. The molecule has 2 rings (SSSR count). The number of nitrogens with zero attached hydrogens (tertiary/aromatic N) is 1. The average molecular weight is 313 g/mol. The minimum absolute atomic E-state index is 0.402. The van der Waals surface area contributed by atoms with Gasteiger partial charge in [0.1, 0.15) is 6.04 Å². The zero-order valence-electron chi connectivity index (χ0n) is 11.1. The quantitative estimate of drug-likeness (QED) is 0.643. The molecule has 1 aliphatic carbocycles. The van der Waals surface area contributed by atoms with Crippen molar-refractivity contribution in [3.8, 4) is 0 Å². The van der Waals surface area contributed by atoms with Crippen molar-refractivity contribution in [3.63, 3.8) is 0 Å². The van der Waals surface area contributed by atoms with Crippen molar-refractivity contribution < 1.29 is 24.6 Å². The number of aryl methyl sites for hydroxylation is 2. The fourth-order valence-corrected chi connectivity index (χ4v) is 3.12. The van der Waals surface area contributed by atoms with Gasteiger partial charge in [-0.25, -0.2) is 14.6 Å². The van der Waals surface area contributed by atoms with Gasteiger partial charge in [0.25, 0.3) is 0 Å². The van der Waals surface area contributed by atoms with Crippen LogP contribution < -0.4 is 10.6 Å². The second-order valence-corrected chi connectivity index (χ2v) is 5.77. The molecule has 9 heteroatoms. The van der Waals surface area contributed by atoms with Gasteiger partial charge in [-0.1, -0.05) is 0 Å². The van der Waals surface area contributed by atoms with Crippen molar-refractivity contribution in [1.29, 1.82) is 0 Å². The molecular weight excluding hydrogens is 298 g/mol. The number of urea groups is 1. The third kappa shape index (κ3) is 4.15. The van der Waals surface area contributed by atoms with Crippen LogP contribution in [-0.2, 0) is 22.4 Å². The molecule has 0 fully saturated rings. The van der Waals surface area contributed by atoms with Crippen LogP contribution in [0.3, 0.4) is 0 Å². The minimum atomic E-state index is -1.47. The summed E-state index contributed by atoms with van der Waals surface area (Å²) in [4.78, 5) is 38.5. The summed E-state index contributed by atoms with van der Waals surface area (Å²) < 4.78 is 0. The predicted octanol–water partition coefficient (Wildman–Crippen LogP) is 1.07.